The van der Waals surface area contributed by atoms with E-state index in [0.717, 1.165) is 22.7 Å². The Kier molecular flexibility index (Phi) is 6.11. The van der Waals surface area contributed by atoms with E-state index in [1.165, 1.54) is 16.9 Å². The number of hydrogen-bond donors (Lipinski definition) is 1. The molecule has 1 atom stereocenters. The minimum absolute atomic E-state index is 0.0416. The highest BCUT2D eigenvalue weighted by Crippen LogP contribution is 2.27. The average Bonchev–Trinajstić information content (AvgIpc) is 3.36. The van der Waals surface area contributed by atoms with Crippen molar-refractivity contribution in [1.29, 1.82) is 0 Å². The molecule has 3 aromatic rings. The number of hydrogen-bond acceptors (Lipinski definition) is 5. The zero-order valence-electron chi connectivity index (χ0n) is 16.5. The van der Waals surface area contributed by atoms with Crippen LogP contribution in [0.15, 0.2) is 48.5 Å². The van der Waals surface area contributed by atoms with Crippen molar-refractivity contribution in [3.63, 3.8) is 0 Å². The molecular formula is C22H21ClN4O2S. The van der Waals surface area contributed by atoms with Gasteiger partial charge in [0.05, 0.1) is 5.92 Å². The Bertz CT molecular complexity index is 1050. The first-order chi connectivity index (χ1) is 14.5. The number of halogens is 1. The van der Waals surface area contributed by atoms with E-state index in [-0.39, 0.29) is 18.2 Å². The van der Waals surface area contributed by atoms with Gasteiger partial charge in [0.2, 0.25) is 16.9 Å². The second-order valence-corrected chi connectivity index (χ2v) is 8.72. The summed E-state index contributed by atoms with van der Waals surface area (Å²) in [7, 11) is 0. The summed E-state index contributed by atoms with van der Waals surface area (Å²) in [5.41, 5.74) is 3.11. The van der Waals surface area contributed by atoms with Crippen molar-refractivity contribution in [2.75, 3.05) is 16.8 Å². The maximum atomic E-state index is 12.7. The van der Waals surface area contributed by atoms with E-state index in [2.05, 4.69) is 22.4 Å². The van der Waals surface area contributed by atoms with E-state index in [4.69, 9.17) is 11.6 Å². The number of rotatable bonds is 6. The molecule has 1 aliphatic rings. The zero-order chi connectivity index (χ0) is 21.1. The monoisotopic (exact) mass is 440 g/mol. The summed E-state index contributed by atoms with van der Waals surface area (Å²) in [5, 5.41) is 13.0. The molecule has 1 fully saturated rings. The second-order valence-electron chi connectivity index (χ2n) is 7.22. The summed E-state index contributed by atoms with van der Waals surface area (Å²) < 4.78 is 0. The Balaban J connectivity index is 1.36. The van der Waals surface area contributed by atoms with Crippen molar-refractivity contribution >= 4 is 45.6 Å². The Labute approximate surface area is 183 Å². The maximum Gasteiger partial charge on any atom is 0.231 e. The van der Waals surface area contributed by atoms with Crippen molar-refractivity contribution < 1.29 is 9.59 Å². The SMILES string of the molecule is CCc1ccc(N2CC(C(=O)Nc3nnc(Cc4ccc(Cl)cc4)s3)CC2=O)cc1. The van der Waals surface area contributed by atoms with Crippen LogP contribution in [0.1, 0.15) is 29.5 Å². The van der Waals surface area contributed by atoms with Gasteiger partial charge in [0, 0.05) is 30.1 Å². The third-order valence-electron chi connectivity index (χ3n) is 5.12. The minimum Gasteiger partial charge on any atom is -0.312 e. The largest absolute Gasteiger partial charge is 0.312 e. The molecule has 1 unspecified atom stereocenters. The van der Waals surface area contributed by atoms with Crippen LogP contribution in [0.5, 0.6) is 0 Å². The summed E-state index contributed by atoms with van der Waals surface area (Å²) in [6.07, 6.45) is 1.76. The Morgan fingerprint density at radius 2 is 1.83 bits per heavy atom. The number of amides is 2. The Hall–Kier alpha value is -2.77. The molecule has 1 N–H and O–H groups in total. The summed E-state index contributed by atoms with van der Waals surface area (Å²) in [5.74, 6) is -0.655. The predicted molar refractivity (Wildman–Crippen MR) is 119 cm³/mol. The van der Waals surface area contributed by atoms with Gasteiger partial charge in [0.1, 0.15) is 5.01 Å². The van der Waals surface area contributed by atoms with E-state index in [9.17, 15) is 9.59 Å². The first-order valence-corrected chi connectivity index (χ1v) is 11.0. The maximum absolute atomic E-state index is 12.7. The molecule has 1 aromatic heterocycles. The lowest BCUT2D eigenvalue weighted by atomic mass is 10.1. The number of aryl methyl sites for hydroxylation is 1. The van der Waals surface area contributed by atoms with E-state index in [1.54, 1.807) is 4.90 Å². The molecule has 2 amide bonds. The van der Waals surface area contributed by atoms with Gasteiger partial charge in [-0.2, -0.15) is 0 Å². The van der Waals surface area contributed by atoms with Crippen molar-refractivity contribution in [2.24, 2.45) is 5.92 Å². The molecule has 0 radical (unpaired) electrons. The minimum atomic E-state index is -0.410. The first-order valence-electron chi connectivity index (χ1n) is 9.79. The molecular weight excluding hydrogens is 420 g/mol. The van der Waals surface area contributed by atoms with Crippen LogP contribution in [0.2, 0.25) is 5.02 Å². The average molecular weight is 441 g/mol. The van der Waals surface area contributed by atoms with Gasteiger partial charge in [-0.15, -0.1) is 10.2 Å². The molecule has 8 heteroatoms. The third kappa shape index (κ3) is 4.68. The summed E-state index contributed by atoms with van der Waals surface area (Å²) in [4.78, 5) is 26.8. The van der Waals surface area contributed by atoms with Gasteiger partial charge in [0.15, 0.2) is 0 Å². The number of carbonyl (C=O) groups is 2. The van der Waals surface area contributed by atoms with Crippen LogP contribution in [-0.4, -0.2) is 28.6 Å². The summed E-state index contributed by atoms with van der Waals surface area (Å²) in [6, 6.07) is 15.4. The van der Waals surface area contributed by atoms with Gasteiger partial charge in [0.25, 0.3) is 0 Å². The molecule has 154 valence electrons. The molecule has 2 aromatic carbocycles. The van der Waals surface area contributed by atoms with Gasteiger partial charge in [-0.25, -0.2) is 0 Å². The lowest BCUT2D eigenvalue weighted by Crippen LogP contribution is -2.28. The van der Waals surface area contributed by atoms with E-state index >= 15 is 0 Å². The zero-order valence-corrected chi connectivity index (χ0v) is 18.0. The number of anilines is 2. The molecule has 1 aliphatic heterocycles. The number of benzene rings is 2. The highest BCUT2D eigenvalue weighted by atomic mass is 35.5. The normalized spacial score (nSPS) is 16.1. The highest BCUT2D eigenvalue weighted by Gasteiger charge is 2.35. The molecule has 2 heterocycles. The van der Waals surface area contributed by atoms with Gasteiger partial charge >= 0.3 is 0 Å². The van der Waals surface area contributed by atoms with Crippen LogP contribution in [-0.2, 0) is 22.4 Å². The van der Waals surface area contributed by atoms with E-state index < -0.39 is 5.92 Å². The molecule has 0 saturated carbocycles. The van der Waals surface area contributed by atoms with Crippen molar-refractivity contribution in [3.05, 3.63) is 69.7 Å². The van der Waals surface area contributed by atoms with Gasteiger partial charge in [-0.05, 0) is 41.8 Å². The van der Waals surface area contributed by atoms with Crippen molar-refractivity contribution in [2.45, 2.75) is 26.2 Å². The second kappa shape index (κ2) is 8.93. The summed E-state index contributed by atoms with van der Waals surface area (Å²) in [6.45, 7) is 2.46. The fourth-order valence-corrected chi connectivity index (χ4v) is 4.31. The number of nitrogens with zero attached hydrogens (tertiary/aromatic N) is 3. The summed E-state index contributed by atoms with van der Waals surface area (Å²) >= 11 is 7.25. The molecule has 4 rings (SSSR count). The first kappa shape index (κ1) is 20.5. The quantitative estimate of drug-likeness (QED) is 0.618. The number of carbonyl (C=O) groups excluding carboxylic acids is 2. The van der Waals surface area contributed by atoms with E-state index in [0.29, 0.717) is 23.1 Å². The van der Waals surface area contributed by atoms with Crippen LogP contribution < -0.4 is 10.2 Å². The Morgan fingerprint density at radius 1 is 1.13 bits per heavy atom. The third-order valence-corrected chi connectivity index (χ3v) is 6.21. The van der Waals surface area contributed by atoms with Crippen molar-refractivity contribution in [1.82, 2.24) is 10.2 Å². The number of nitrogens with one attached hydrogen (secondary N) is 1. The Morgan fingerprint density at radius 3 is 2.53 bits per heavy atom. The fraction of sp³-hybridized carbons (Fsp3) is 0.273. The van der Waals surface area contributed by atoms with Crippen LogP contribution >= 0.6 is 22.9 Å². The van der Waals surface area contributed by atoms with E-state index in [1.807, 2.05) is 48.5 Å². The molecule has 1 saturated heterocycles. The molecule has 0 spiro atoms. The molecule has 6 nitrogen and oxygen atoms in total. The number of aromatic nitrogens is 2. The standard InChI is InChI=1S/C22H21ClN4O2S/c1-2-14-5-9-18(10-6-14)27-13-16(12-20(27)28)21(29)24-22-26-25-19(30-22)11-15-3-7-17(23)8-4-15/h3-10,16H,2,11-13H2,1H3,(H,24,26,29). The smallest absolute Gasteiger partial charge is 0.231 e. The highest BCUT2D eigenvalue weighted by molar-refractivity contribution is 7.15. The van der Waals surface area contributed by atoms with Crippen molar-refractivity contribution in [3.8, 4) is 0 Å². The van der Waals surface area contributed by atoms with Gasteiger partial charge in [-0.3, -0.25) is 9.59 Å². The topological polar surface area (TPSA) is 75.2 Å². The van der Waals surface area contributed by atoms with Crippen LogP contribution in [0.3, 0.4) is 0 Å². The molecule has 0 bridgehead atoms. The van der Waals surface area contributed by atoms with Crippen LogP contribution in [0.25, 0.3) is 0 Å². The lowest BCUT2D eigenvalue weighted by molar-refractivity contribution is -0.122. The van der Waals surface area contributed by atoms with Gasteiger partial charge in [-0.1, -0.05) is 54.1 Å². The fourth-order valence-electron chi connectivity index (χ4n) is 3.40. The van der Waals surface area contributed by atoms with Gasteiger partial charge < -0.3 is 10.2 Å². The molecule has 0 aliphatic carbocycles. The predicted octanol–water partition coefficient (Wildman–Crippen LogP) is 4.34. The van der Waals surface area contributed by atoms with Crippen LogP contribution in [0.4, 0.5) is 10.8 Å². The lowest BCUT2D eigenvalue weighted by Gasteiger charge is -2.17. The molecule has 30 heavy (non-hydrogen) atoms. The van der Waals surface area contributed by atoms with Crippen LogP contribution in [0, 0.1) is 5.92 Å².